The van der Waals surface area contributed by atoms with Crippen LogP contribution in [0, 0.1) is 0 Å². The molecule has 3 rings (SSSR count). The van der Waals surface area contributed by atoms with E-state index >= 15 is 0 Å². The van der Waals surface area contributed by atoms with Gasteiger partial charge in [0, 0.05) is 11.6 Å². The molecule has 0 radical (unpaired) electrons. The second-order valence-corrected chi connectivity index (χ2v) is 4.72. The van der Waals surface area contributed by atoms with Crippen LogP contribution in [0.15, 0.2) is 47.3 Å². The molecule has 0 saturated heterocycles. The fraction of sp³-hybridized carbons (Fsp3) is 0.200. The average Bonchev–Trinajstić information content (AvgIpc) is 2.84. The summed E-state index contributed by atoms with van der Waals surface area (Å²) in [5, 5.41) is 4.27. The minimum Gasteiger partial charge on any atom is -0.445 e. The maximum atomic E-state index is 5.53. The Labute approximate surface area is 111 Å². The van der Waals surface area contributed by atoms with E-state index in [9.17, 15) is 0 Å². The number of nitrogens with one attached hydrogen (secondary N) is 1. The summed E-state index contributed by atoms with van der Waals surface area (Å²) in [4.78, 5) is 8.50. The number of hydrogen-bond acceptors (Lipinski definition) is 4. The van der Waals surface area contributed by atoms with E-state index in [1.807, 2.05) is 18.2 Å². The van der Waals surface area contributed by atoms with Crippen LogP contribution >= 0.6 is 0 Å². The molecule has 0 fully saturated rings. The first-order valence-corrected chi connectivity index (χ1v) is 6.30. The van der Waals surface area contributed by atoms with Gasteiger partial charge in [0.2, 0.25) is 5.71 Å². The van der Waals surface area contributed by atoms with Gasteiger partial charge in [-0.3, -0.25) is 0 Å². The SMILES string of the molecule is CC(C)Nc1ncnc2occ(-c3ccccc3)c12. The van der Waals surface area contributed by atoms with Gasteiger partial charge in [-0.15, -0.1) is 0 Å². The molecule has 0 saturated carbocycles. The van der Waals surface area contributed by atoms with Gasteiger partial charge in [-0.25, -0.2) is 9.97 Å². The van der Waals surface area contributed by atoms with Crippen molar-refractivity contribution >= 4 is 16.9 Å². The Morgan fingerprint density at radius 2 is 1.89 bits per heavy atom. The number of hydrogen-bond donors (Lipinski definition) is 1. The first kappa shape index (κ1) is 11.7. The molecule has 3 aromatic rings. The van der Waals surface area contributed by atoms with Crippen molar-refractivity contribution in [1.29, 1.82) is 0 Å². The average molecular weight is 253 g/mol. The molecule has 2 aromatic heterocycles. The molecule has 4 nitrogen and oxygen atoms in total. The Morgan fingerprint density at radius 1 is 1.11 bits per heavy atom. The van der Waals surface area contributed by atoms with Crippen molar-refractivity contribution < 1.29 is 4.42 Å². The largest absolute Gasteiger partial charge is 0.445 e. The third-order valence-corrected chi connectivity index (χ3v) is 2.88. The molecule has 0 bridgehead atoms. The number of benzene rings is 1. The molecule has 96 valence electrons. The normalized spacial score (nSPS) is 11.1. The molecule has 0 amide bonds. The summed E-state index contributed by atoms with van der Waals surface area (Å²) in [6, 6.07) is 10.4. The molecule has 1 aromatic carbocycles. The number of aromatic nitrogens is 2. The molecular formula is C15H15N3O. The summed E-state index contributed by atoms with van der Waals surface area (Å²) in [5.74, 6) is 0.813. The number of fused-ring (bicyclic) bond motifs is 1. The quantitative estimate of drug-likeness (QED) is 0.773. The first-order valence-electron chi connectivity index (χ1n) is 6.30. The van der Waals surface area contributed by atoms with Crippen LogP contribution in [-0.4, -0.2) is 16.0 Å². The van der Waals surface area contributed by atoms with Gasteiger partial charge in [-0.1, -0.05) is 30.3 Å². The van der Waals surface area contributed by atoms with Crippen molar-refractivity contribution in [3.63, 3.8) is 0 Å². The molecule has 0 aliphatic rings. The molecule has 0 spiro atoms. The van der Waals surface area contributed by atoms with Crippen LogP contribution in [0.4, 0.5) is 5.82 Å². The van der Waals surface area contributed by atoms with Gasteiger partial charge in [-0.05, 0) is 19.4 Å². The highest BCUT2D eigenvalue weighted by molar-refractivity contribution is 5.99. The van der Waals surface area contributed by atoms with Gasteiger partial charge in [0.25, 0.3) is 0 Å². The standard InChI is InChI=1S/C15H15N3O/c1-10(2)18-14-13-12(11-6-4-3-5-7-11)8-19-15(13)17-9-16-14/h3-10H,1-2H3,(H,16,17,18). The van der Waals surface area contributed by atoms with E-state index in [1.165, 1.54) is 6.33 Å². The van der Waals surface area contributed by atoms with Gasteiger partial charge < -0.3 is 9.73 Å². The summed E-state index contributed by atoms with van der Waals surface area (Å²) in [6.45, 7) is 4.16. The zero-order chi connectivity index (χ0) is 13.2. The van der Waals surface area contributed by atoms with Crippen molar-refractivity contribution in [2.24, 2.45) is 0 Å². The first-order chi connectivity index (χ1) is 9.25. The zero-order valence-corrected chi connectivity index (χ0v) is 10.9. The monoisotopic (exact) mass is 253 g/mol. The third-order valence-electron chi connectivity index (χ3n) is 2.88. The molecule has 19 heavy (non-hydrogen) atoms. The van der Waals surface area contributed by atoms with E-state index in [1.54, 1.807) is 6.26 Å². The Hall–Kier alpha value is -2.36. The molecule has 2 heterocycles. The second-order valence-electron chi connectivity index (χ2n) is 4.72. The Bertz CT molecular complexity index is 689. The summed E-state index contributed by atoms with van der Waals surface area (Å²) in [5.41, 5.74) is 2.72. The summed E-state index contributed by atoms with van der Waals surface area (Å²) < 4.78 is 5.53. The van der Waals surface area contributed by atoms with Crippen LogP contribution in [0.25, 0.3) is 22.2 Å². The number of anilines is 1. The van der Waals surface area contributed by atoms with Crippen molar-refractivity contribution in [1.82, 2.24) is 9.97 Å². The molecule has 0 atom stereocenters. The Morgan fingerprint density at radius 3 is 2.63 bits per heavy atom. The van der Waals surface area contributed by atoms with E-state index in [4.69, 9.17) is 4.42 Å². The van der Waals surface area contributed by atoms with Crippen molar-refractivity contribution in [3.8, 4) is 11.1 Å². The third kappa shape index (κ3) is 2.17. The van der Waals surface area contributed by atoms with E-state index in [-0.39, 0.29) is 0 Å². The lowest BCUT2D eigenvalue weighted by Crippen LogP contribution is -2.11. The van der Waals surface area contributed by atoms with Crippen LogP contribution in [-0.2, 0) is 0 Å². The lowest BCUT2D eigenvalue weighted by molar-refractivity contribution is 0.603. The van der Waals surface area contributed by atoms with Crippen molar-refractivity contribution in [2.45, 2.75) is 19.9 Å². The predicted molar refractivity (Wildman–Crippen MR) is 76.0 cm³/mol. The fourth-order valence-corrected chi connectivity index (χ4v) is 2.09. The number of nitrogens with zero attached hydrogens (tertiary/aromatic N) is 2. The van der Waals surface area contributed by atoms with Crippen molar-refractivity contribution in [2.75, 3.05) is 5.32 Å². The van der Waals surface area contributed by atoms with Crippen LogP contribution in [0.1, 0.15) is 13.8 Å². The summed E-state index contributed by atoms with van der Waals surface area (Å²) in [7, 11) is 0. The van der Waals surface area contributed by atoms with Crippen LogP contribution in [0.3, 0.4) is 0 Å². The van der Waals surface area contributed by atoms with Crippen LogP contribution < -0.4 is 5.32 Å². The minimum atomic E-state index is 0.302. The van der Waals surface area contributed by atoms with Crippen LogP contribution in [0.5, 0.6) is 0 Å². The Kier molecular flexibility index (Phi) is 2.91. The molecular weight excluding hydrogens is 238 g/mol. The number of furan rings is 1. The smallest absolute Gasteiger partial charge is 0.231 e. The maximum absolute atomic E-state index is 5.53. The van der Waals surface area contributed by atoms with E-state index < -0.39 is 0 Å². The second kappa shape index (κ2) is 4.72. The highest BCUT2D eigenvalue weighted by atomic mass is 16.3. The molecule has 1 N–H and O–H groups in total. The van der Waals surface area contributed by atoms with Crippen LogP contribution in [0.2, 0.25) is 0 Å². The molecule has 0 aliphatic heterocycles. The van der Waals surface area contributed by atoms with Gasteiger partial charge >= 0.3 is 0 Å². The topological polar surface area (TPSA) is 51.0 Å². The van der Waals surface area contributed by atoms with E-state index in [0.717, 1.165) is 22.3 Å². The maximum Gasteiger partial charge on any atom is 0.231 e. The molecule has 4 heteroatoms. The zero-order valence-electron chi connectivity index (χ0n) is 10.9. The lowest BCUT2D eigenvalue weighted by atomic mass is 10.1. The van der Waals surface area contributed by atoms with Gasteiger partial charge in [0.1, 0.15) is 18.4 Å². The highest BCUT2D eigenvalue weighted by Gasteiger charge is 2.14. The fourth-order valence-electron chi connectivity index (χ4n) is 2.09. The molecule has 0 unspecified atom stereocenters. The predicted octanol–water partition coefficient (Wildman–Crippen LogP) is 3.71. The Balaban J connectivity index is 2.21. The van der Waals surface area contributed by atoms with Crippen molar-refractivity contribution in [3.05, 3.63) is 42.9 Å². The highest BCUT2D eigenvalue weighted by Crippen LogP contribution is 2.33. The summed E-state index contributed by atoms with van der Waals surface area (Å²) >= 11 is 0. The van der Waals surface area contributed by atoms with E-state index in [0.29, 0.717) is 11.8 Å². The lowest BCUT2D eigenvalue weighted by Gasteiger charge is -2.10. The molecule has 0 aliphatic carbocycles. The number of rotatable bonds is 3. The summed E-state index contributed by atoms with van der Waals surface area (Å²) in [6.07, 6.45) is 3.26. The van der Waals surface area contributed by atoms with E-state index in [2.05, 4.69) is 41.3 Å². The van der Waals surface area contributed by atoms with Gasteiger partial charge in [-0.2, -0.15) is 0 Å². The van der Waals surface area contributed by atoms with Gasteiger partial charge in [0.05, 0.1) is 5.39 Å². The van der Waals surface area contributed by atoms with Gasteiger partial charge in [0.15, 0.2) is 0 Å². The minimum absolute atomic E-state index is 0.302.